The van der Waals surface area contributed by atoms with Crippen LogP contribution in [0.25, 0.3) is 0 Å². The van der Waals surface area contributed by atoms with E-state index in [0.29, 0.717) is 6.54 Å². The quantitative estimate of drug-likeness (QED) is 0.0512. The maximum atomic E-state index is 12.8. The summed E-state index contributed by atoms with van der Waals surface area (Å²) in [6, 6.07) is 6.15. The van der Waals surface area contributed by atoms with Crippen molar-refractivity contribution in [2.75, 3.05) is 26.2 Å². The van der Waals surface area contributed by atoms with Gasteiger partial charge in [-0.15, -0.1) is 0 Å². The number of unbranched alkanes of at least 4 members (excludes halogenated alkanes) is 4. The Kier molecular flexibility index (Phi) is 30.3. The largest absolute Gasteiger partial charge is 0.387 e. The minimum absolute atomic E-state index is 0.0394. The first kappa shape index (κ1) is 73.5. The average molecular weight is 1130 g/mol. The molecule has 4 saturated heterocycles. The molecule has 4 aliphatic rings. The SMILES string of the molecule is CC.CC.CCCCCN.CCCCCNCC1OC(OC(C)(C)C)C(O)C(O)C1OC1OC(C)(C)C(C)(C)C1O.Cc1ccc(S(=O)(=O)OCC2OC(OC(C)(C)C)C(O)C(O)C2OC2OC(C)(C)C(C)(C)C2O)cc1. The van der Waals surface area contributed by atoms with E-state index in [9.17, 15) is 39.1 Å². The molecule has 0 aliphatic carbocycles. The lowest BCUT2D eigenvalue weighted by Crippen LogP contribution is -2.63. The number of aryl methyl sites for hydroxylation is 1. The zero-order chi connectivity index (χ0) is 59.7. The van der Waals surface area contributed by atoms with Crippen LogP contribution in [0.2, 0.25) is 0 Å². The summed E-state index contributed by atoms with van der Waals surface area (Å²) in [4.78, 5) is -0.0394. The van der Waals surface area contributed by atoms with Gasteiger partial charge in [0.2, 0.25) is 0 Å². The topological polar surface area (TPSA) is 277 Å². The van der Waals surface area contributed by atoms with Gasteiger partial charge in [0.1, 0.15) is 61.0 Å². The molecule has 0 amide bonds. The molecule has 4 heterocycles. The summed E-state index contributed by atoms with van der Waals surface area (Å²) >= 11 is 0. The van der Waals surface area contributed by atoms with Crippen LogP contribution >= 0.6 is 0 Å². The number of nitrogens with two attached hydrogens (primary N) is 1. The van der Waals surface area contributed by atoms with Crippen LogP contribution in [-0.2, 0) is 52.2 Å². The number of ether oxygens (including phenoxy) is 8. The molecule has 1 aromatic carbocycles. The van der Waals surface area contributed by atoms with Gasteiger partial charge in [0.25, 0.3) is 10.1 Å². The van der Waals surface area contributed by atoms with Crippen molar-refractivity contribution in [1.29, 1.82) is 0 Å². The van der Waals surface area contributed by atoms with Crippen molar-refractivity contribution in [3.63, 3.8) is 0 Å². The minimum atomic E-state index is -4.16. The molecule has 4 aliphatic heterocycles. The summed E-state index contributed by atoms with van der Waals surface area (Å²) in [5.74, 6) is 0. The summed E-state index contributed by atoms with van der Waals surface area (Å²) < 4.78 is 78.4. The molecule has 0 bridgehead atoms. The monoisotopic (exact) mass is 1130 g/mol. The van der Waals surface area contributed by atoms with E-state index in [4.69, 9.17) is 47.8 Å². The van der Waals surface area contributed by atoms with Crippen molar-refractivity contribution in [3.05, 3.63) is 29.8 Å². The molecule has 1 aromatic rings. The molecule has 0 saturated carbocycles. The molecule has 9 N–H and O–H groups in total. The average Bonchev–Trinajstić information content (AvgIpc) is 3.60. The molecule has 20 heteroatoms. The van der Waals surface area contributed by atoms with Gasteiger partial charge in [-0.3, -0.25) is 4.18 Å². The molecule has 5 rings (SSSR count). The molecule has 14 unspecified atom stereocenters. The zero-order valence-electron chi connectivity index (χ0n) is 51.1. The van der Waals surface area contributed by atoms with Crippen LogP contribution in [0.5, 0.6) is 0 Å². The molecule has 0 aromatic heterocycles. The van der Waals surface area contributed by atoms with E-state index >= 15 is 0 Å². The van der Waals surface area contributed by atoms with Crippen LogP contribution in [0.1, 0.15) is 183 Å². The zero-order valence-corrected chi connectivity index (χ0v) is 51.9. The number of benzene rings is 1. The Balaban J connectivity index is 0.000000662. The molecule has 0 radical (unpaired) electrons. The number of nitrogens with one attached hydrogen (secondary N) is 1. The van der Waals surface area contributed by atoms with Crippen LogP contribution in [-0.4, -0.2) is 174 Å². The lowest BCUT2D eigenvalue weighted by molar-refractivity contribution is -0.343. The molecule has 14 atom stereocenters. The van der Waals surface area contributed by atoms with Crippen molar-refractivity contribution < 1.29 is 81.1 Å². The smallest absolute Gasteiger partial charge is 0.297 e. The highest BCUT2D eigenvalue weighted by Crippen LogP contribution is 2.48. The summed E-state index contributed by atoms with van der Waals surface area (Å²) in [5.41, 5.74) is 2.16. The number of hydrogen-bond acceptors (Lipinski definition) is 19. The van der Waals surface area contributed by atoms with Gasteiger partial charge >= 0.3 is 0 Å². The molecule has 4 fully saturated rings. The van der Waals surface area contributed by atoms with Gasteiger partial charge < -0.3 is 79.6 Å². The number of aliphatic hydroxyl groups excluding tert-OH is 6. The molecule has 19 nitrogen and oxygen atoms in total. The van der Waals surface area contributed by atoms with Gasteiger partial charge in [0.15, 0.2) is 25.2 Å². The van der Waals surface area contributed by atoms with E-state index < -0.39 is 136 Å². The van der Waals surface area contributed by atoms with E-state index in [-0.39, 0.29) is 4.90 Å². The third-order valence-electron chi connectivity index (χ3n) is 14.5. The van der Waals surface area contributed by atoms with Crippen LogP contribution in [0, 0.1) is 17.8 Å². The van der Waals surface area contributed by atoms with Crippen LogP contribution in [0.15, 0.2) is 29.2 Å². The standard InChI is InChI=1S/C25H40O10S.C23H45NO7.C5H13N.2C2H6/c1-14-9-11-15(12-10-14)36(29,30)31-13-16-19(17(26)18(27)21(32-16)34-23(2,3)4)33-22-20(28)24(5,6)25(7,8)35-22;1-9-10-11-12-24-13-14-17(15(25)16(26)19(28-14)30-21(2,3)4)29-20-18(27)22(5,6)23(7,8)31-20;1-2-3-4-5-6;2*1-2/h9-12,16-22,26-28H,13H2,1-8H3;14-20,24-27H,9-13H2,1-8H3;2-6H2,1H3;2*1-2H3. The Hall–Kier alpha value is -1.51. The summed E-state index contributed by atoms with van der Waals surface area (Å²) in [7, 11) is -4.16. The predicted molar refractivity (Wildman–Crippen MR) is 298 cm³/mol. The summed E-state index contributed by atoms with van der Waals surface area (Å²) in [5, 5.41) is 68.3. The normalized spacial score (nSPS) is 32.3. The fourth-order valence-electron chi connectivity index (χ4n) is 8.33. The Morgan fingerprint density at radius 3 is 1.34 bits per heavy atom. The van der Waals surface area contributed by atoms with E-state index in [2.05, 4.69) is 19.2 Å². The van der Waals surface area contributed by atoms with Crippen molar-refractivity contribution in [2.24, 2.45) is 16.6 Å². The Morgan fingerprint density at radius 1 is 0.597 bits per heavy atom. The molecule has 77 heavy (non-hydrogen) atoms. The fraction of sp³-hybridized carbons (Fsp3) is 0.895. The molecule has 456 valence electrons. The van der Waals surface area contributed by atoms with Gasteiger partial charge in [-0.2, -0.15) is 8.42 Å². The highest BCUT2D eigenvalue weighted by molar-refractivity contribution is 7.86. The lowest BCUT2D eigenvalue weighted by Gasteiger charge is -2.45. The number of rotatable bonds is 19. The minimum Gasteiger partial charge on any atom is -0.387 e. The number of hydrogen-bond donors (Lipinski definition) is 8. The van der Waals surface area contributed by atoms with Crippen molar-refractivity contribution in [1.82, 2.24) is 5.32 Å². The first-order chi connectivity index (χ1) is 35.5. The van der Waals surface area contributed by atoms with E-state index in [1.54, 1.807) is 32.9 Å². The van der Waals surface area contributed by atoms with Crippen molar-refractivity contribution in [2.45, 2.75) is 297 Å². The third kappa shape index (κ3) is 21.0. The van der Waals surface area contributed by atoms with Gasteiger partial charge in [0, 0.05) is 17.4 Å². The molecular weight excluding hydrogens is 1020 g/mol. The summed E-state index contributed by atoms with van der Waals surface area (Å²) in [6.07, 6.45) is -8.87. The van der Waals surface area contributed by atoms with Crippen molar-refractivity contribution in [3.8, 4) is 0 Å². The fourth-order valence-corrected chi connectivity index (χ4v) is 9.24. The first-order valence-electron chi connectivity index (χ1n) is 28.3. The second kappa shape index (κ2) is 31.8. The third-order valence-corrected chi connectivity index (χ3v) is 15.8. The number of aliphatic hydroxyl groups is 6. The second-order valence-electron chi connectivity index (χ2n) is 24.0. The predicted octanol–water partition coefficient (Wildman–Crippen LogP) is 6.99. The molecule has 0 spiro atoms. The van der Waals surface area contributed by atoms with Crippen LogP contribution in [0.3, 0.4) is 0 Å². The van der Waals surface area contributed by atoms with E-state index in [0.717, 1.165) is 37.9 Å². The Bertz CT molecular complexity index is 1890. The van der Waals surface area contributed by atoms with Crippen molar-refractivity contribution >= 4 is 10.1 Å². The van der Waals surface area contributed by atoms with Crippen LogP contribution < -0.4 is 11.1 Å². The summed E-state index contributed by atoms with van der Waals surface area (Å²) in [6.45, 7) is 41.5. The Morgan fingerprint density at radius 2 is 0.987 bits per heavy atom. The van der Waals surface area contributed by atoms with E-state index in [1.165, 1.54) is 31.4 Å². The van der Waals surface area contributed by atoms with Gasteiger partial charge in [0.05, 0.1) is 33.9 Å². The Labute approximate surface area is 465 Å². The maximum absolute atomic E-state index is 12.8. The maximum Gasteiger partial charge on any atom is 0.297 e. The second-order valence-corrected chi connectivity index (χ2v) is 25.6. The van der Waals surface area contributed by atoms with Gasteiger partial charge in [-0.1, -0.05) is 113 Å². The lowest BCUT2D eigenvalue weighted by atomic mass is 9.75. The first-order valence-corrected chi connectivity index (χ1v) is 29.7. The van der Waals surface area contributed by atoms with Gasteiger partial charge in [-0.25, -0.2) is 0 Å². The van der Waals surface area contributed by atoms with Gasteiger partial charge in [-0.05, 0) is 114 Å². The highest BCUT2D eigenvalue weighted by Gasteiger charge is 2.59. The molecular formula is C57H110N2O17S. The van der Waals surface area contributed by atoms with Crippen LogP contribution in [0.4, 0.5) is 0 Å². The highest BCUT2D eigenvalue weighted by atomic mass is 32.2. The van der Waals surface area contributed by atoms with E-state index in [1.807, 2.05) is 111 Å².